The monoisotopic (exact) mass is 266 g/mol. The molecule has 100 valence electrons. The van der Waals surface area contributed by atoms with E-state index in [1.54, 1.807) is 16.9 Å². The molecule has 0 saturated heterocycles. The number of amides is 1. The van der Waals surface area contributed by atoms with Crippen molar-refractivity contribution in [2.45, 2.75) is 6.54 Å². The molecule has 0 spiro atoms. The third-order valence-electron chi connectivity index (χ3n) is 3.30. The highest BCUT2D eigenvalue weighted by Gasteiger charge is 2.09. The minimum atomic E-state index is -0.536. The summed E-state index contributed by atoms with van der Waals surface area (Å²) in [7, 11) is 0. The quantitative estimate of drug-likeness (QED) is 0.754. The zero-order valence-electron chi connectivity index (χ0n) is 10.8. The molecule has 0 aliphatic rings. The number of nitrogens with zero attached hydrogens (tertiary/aromatic N) is 2. The Labute approximate surface area is 115 Å². The first-order valence-corrected chi connectivity index (χ1v) is 6.27. The molecule has 0 bridgehead atoms. The summed E-state index contributed by atoms with van der Waals surface area (Å²) in [6.07, 6.45) is 1.73. The van der Waals surface area contributed by atoms with Gasteiger partial charge in [-0.3, -0.25) is 4.79 Å². The highest BCUT2D eigenvalue weighted by Crippen LogP contribution is 2.25. The van der Waals surface area contributed by atoms with E-state index in [-0.39, 0.29) is 5.69 Å². The molecule has 1 heterocycles. The average Bonchev–Trinajstić information content (AvgIpc) is 2.96. The van der Waals surface area contributed by atoms with E-state index in [0.29, 0.717) is 6.54 Å². The van der Waals surface area contributed by atoms with E-state index in [9.17, 15) is 4.79 Å². The molecule has 0 fully saturated rings. The number of aromatic nitrogens is 2. The number of rotatable bonds is 3. The van der Waals surface area contributed by atoms with Crippen molar-refractivity contribution in [2.75, 3.05) is 0 Å². The summed E-state index contributed by atoms with van der Waals surface area (Å²) in [6, 6.07) is 13.5. The molecule has 3 rings (SSSR count). The molecule has 1 aromatic heterocycles. The van der Waals surface area contributed by atoms with Crippen molar-refractivity contribution >= 4 is 16.7 Å². The Morgan fingerprint density at radius 3 is 2.50 bits per heavy atom. The lowest BCUT2D eigenvalue weighted by Crippen LogP contribution is -2.12. The lowest BCUT2D eigenvalue weighted by Gasteiger charge is -2.10. The number of hydrogen-bond acceptors (Lipinski definition) is 3. The summed E-state index contributed by atoms with van der Waals surface area (Å²) in [5, 5.41) is 6.32. The van der Waals surface area contributed by atoms with Gasteiger partial charge < -0.3 is 11.5 Å². The fraction of sp³-hybridized carbons (Fsp3) is 0.0667. The van der Waals surface area contributed by atoms with Gasteiger partial charge in [-0.25, -0.2) is 4.68 Å². The molecule has 3 aromatic rings. The topological polar surface area (TPSA) is 86.9 Å². The number of nitrogens with two attached hydrogens (primary N) is 2. The summed E-state index contributed by atoms with van der Waals surface area (Å²) in [5.74, 6) is -0.536. The van der Waals surface area contributed by atoms with E-state index in [1.165, 1.54) is 0 Å². The summed E-state index contributed by atoms with van der Waals surface area (Å²) in [5.41, 5.74) is 13.2. The highest BCUT2D eigenvalue weighted by molar-refractivity contribution is 5.93. The zero-order valence-corrected chi connectivity index (χ0v) is 10.8. The molecule has 0 aliphatic carbocycles. The molecule has 0 unspecified atom stereocenters. The lowest BCUT2D eigenvalue weighted by molar-refractivity contribution is 0.0995. The smallest absolute Gasteiger partial charge is 0.269 e. The summed E-state index contributed by atoms with van der Waals surface area (Å²) < 4.78 is 1.66. The fourth-order valence-corrected chi connectivity index (χ4v) is 2.31. The van der Waals surface area contributed by atoms with E-state index in [1.807, 2.05) is 36.4 Å². The minimum Gasteiger partial charge on any atom is -0.364 e. The maximum Gasteiger partial charge on any atom is 0.269 e. The van der Waals surface area contributed by atoms with Crippen LogP contribution in [0.4, 0.5) is 0 Å². The lowest BCUT2D eigenvalue weighted by atomic mass is 10.0. The molecule has 0 atom stereocenters. The molecule has 2 aromatic carbocycles. The Morgan fingerprint density at radius 1 is 1.10 bits per heavy atom. The fourth-order valence-electron chi connectivity index (χ4n) is 2.31. The normalized spacial score (nSPS) is 10.8. The van der Waals surface area contributed by atoms with Crippen LogP contribution in [0.15, 0.2) is 48.7 Å². The minimum absolute atomic E-state index is 0.247. The van der Waals surface area contributed by atoms with E-state index in [2.05, 4.69) is 5.10 Å². The Morgan fingerprint density at radius 2 is 1.85 bits per heavy atom. The van der Waals surface area contributed by atoms with Gasteiger partial charge in [0.25, 0.3) is 5.91 Å². The standard InChI is InChI=1S/C15H14N4O/c16-9-10-5-6-14(12-4-2-1-3-11(10)12)19-8-7-13(18-19)15(17)20/h1-8H,9,16H2,(H2,17,20). The Hall–Kier alpha value is -2.66. The van der Waals surface area contributed by atoms with Crippen LogP contribution in [0.3, 0.4) is 0 Å². The van der Waals surface area contributed by atoms with Crippen molar-refractivity contribution in [3.05, 3.63) is 59.9 Å². The molecular weight excluding hydrogens is 252 g/mol. The van der Waals surface area contributed by atoms with Gasteiger partial charge in [-0.15, -0.1) is 0 Å². The van der Waals surface area contributed by atoms with Crippen LogP contribution >= 0.6 is 0 Å². The van der Waals surface area contributed by atoms with Crippen molar-refractivity contribution in [2.24, 2.45) is 11.5 Å². The SMILES string of the molecule is NCc1ccc(-n2ccc(C(N)=O)n2)c2ccccc12. The van der Waals surface area contributed by atoms with Crippen molar-refractivity contribution in [1.82, 2.24) is 9.78 Å². The first-order valence-electron chi connectivity index (χ1n) is 6.27. The maximum absolute atomic E-state index is 11.1. The number of primary amides is 1. The van der Waals surface area contributed by atoms with Gasteiger partial charge in [-0.05, 0) is 23.1 Å². The number of fused-ring (bicyclic) bond motifs is 1. The summed E-state index contributed by atoms with van der Waals surface area (Å²) in [6.45, 7) is 0.479. The van der Waals surface area contributed by atoms with E-state index in [4.69, 9.17) is 11.5 Å². The number of hydrogen-bond donors (Lipinski definition) is 2. The second-order valence-corrected chi connectivity index (χ2v) is 4.50. The van der Waals surface area contributed by atoms with Crippen molar-refractivity contribution in [3.8, 4) is 5.69 Å². The maximum atomic E-state index is 11.1. The van der Waals surface area contributed by atoms with E-state index in [0.717, 1.165) is 22.0 Å². The van der Waals surface area contributed by atoms with Crippen molar-refractivity contribution < 1.29 is 4.79 Å². The van der Waals surface area contributed by atoms with Gasteiger partial charge in [-0.1, -0.05) is 30.3 Å². The first kappa shape index (κ1) is 12.4. The van der Waals surface area contributed by atoms with Crippen molar-refractivity contribution in [3.63, 3.8) is 0 Å². The predicted octanol–water partition coefficient (Wildman–Crippen LogP) is 1.58. The molecular formula is C15H14N4O. The van der Waals surface area contributed by atoms with Crippen LogP contribution in [0.1, 0.15) is 16.1 Å². The summed E-state index contributed by atoms with van der Waals surface area (Å²) >= 11 is 0. The summed E-state index contributed by atoms with van der Waals surface area (Å²) in [4.78, 5) is 11.1. The Bertz CT molecular complexity index is 791. The van der Waals surface area contributed by atoms with Gasteiger partial charge in [0.2, 0.25) is 0 Å². The third-order valence-corrected chi connectivity index (χ3v) is 3.30. The average molecular weight is 266 g/mol. The second-order valence-electron chi connectivity index (χ2n) is 4.50. The van der Waals surface area contributed by atoms with Gasteiger partial charge in [0.15, 0.2) is 0 Å². The van der Waals surface area contributed by atoms with Crippen LogP contribution in [-0.4, -0.2) is 15.7 Å². The van der Waals surface area contributed by atoms with Gasteiger partial charge >= 0.3 is 0 Å². The molecule has 5 nitrogen and oxygen atoms in total. The van der Waals surface area contributed by atoms with Crippen LogP contribution < -0.4 is 11.5 Å². The largest absolute Gasteiger partial charge is 0.364 e. The van der Waals surface area contributed by atoms with Crippen LogP contribution in [0.2, 0.25) is 0 Å². The molecule has 0 aliphatic heterocycles. The molecule has 5 heteroatoms. The molecule has 0 radical (unpaired) electrons. The van der Waals surface area contributed by atoms with Crippen molar-refractivity contribution in [1.29, 1.82) is 0 Å². The van der Waals surface area contributed by atoms with Gasteiger partial charge in [0.05, 0.1) is 5.69 Å². The molecule has 4 N–H and O–H groups in total. The molecule has 20 heavy (non-hydrogen) atoms. The zero-order chi connectivity index (χ0) is 14.1. The van der Waals surface area contributed by atoms with Crippen LogP contribution in [0, 0.1) is 0 Å². The van der Waals surface area contributed by atoms with Crippen LogP contribution in [0.5, 0.6) is 0 Å². The van der Waals surface area contributed by atoms with Crippen LogP contribution in [-0.2, 0) is 6.54 Å². The number of carbonyl (C=O) groups is 1. The van der Waals surface area contributed by atoms with E-state index >= 15 is 0 Å². The predicted molar refractivity (Wildman–Crippen MR) is 77.5 cm³/mol. The second kappa shape index (κ2) is 4.79. The van der Waals surface area contributed by atoms with Gasteiger partial charge in [0.1, 0.15) is 5.69 Å². The highest BCUT2D eigenvalue weighted by atomic mass is 16.1. The van der Waals surface area contributed by atoms with Crippen LogP contribution in [0.25, 0.3) is 16.5 Å². The molecule has 1 amide bonds. The first-order chi connectivity index (χ1) is 9.70. The number of carbonyl (C=O) groups excluding carboxylic acids is 1. The number of benzene rings is 2. The van der Waals surface area contributed by atoms with E-state index < -0.39 is 5.91 Å². The molecule has 0 saturated carbocycles. The Kier molecular flexibility index (Phi) is 2.96. The third kappa shape index (κ3) is 1.94. The Balaban J connectivity index is 2.23. The van der Waals surface area contributed by atoms with Gasteiger partial charge in [0, 0.05) is 18.1 Å². The van der Waals surface area contributed by atoms with Gasteiger partial charge in [-0.2, -0.15) is 5.10 Å².